The normalized spacial score (nSPS) is 10.2. The summed E-state index contributed by atoms with van der Waals surface area (Å²) in [7, 11) is 0. The summed E-state index contributed by atoms with van der Waals surface area (Å²) in [4.78, 5) is 11.1. The first-order valence-electron chi connectivity index (χ1n) is 4.91. The molecule has 0 atom stereocenters. The lowest BCUT2D eigenvalue weighted by Crippen LogP contribution is -1.99. The first-order chi connectivity index (χ1) is 8.09. The van der Waals surface area contributed by atoms with Crippen molar-refractivity contribution in [3.63, 3.8) is 0 Å². The van der Waals surface area contributed by atoms with Gasteiger partial charge in [0.1, 0.15) is 5.75 Å². The molecule has 2 aromatic rings. The van der Waals surface area contributed by atoms with E-state index in [-0.39, 0.29) is 11.3 Å². The molecule has 0 amide bonds. The number of hydrogen-bond acceptors (Lipinski definition) is 2. The summed E-state index contributed by atoms with van der Waals surface area (Å²) in [5, 5.41) is 18.9. The largest absolute Gasteiger partial charge is 0.508 e. The lowest BCUT2D eigenvalue weighted by Gasteiger charge is -2.08. The quantitative estimate of drug-likeness (QED) is 0.856. The number of carboxylic acid groups (broad SMARTS) is 1. The van der Waals surface area contributed by atoms with Gasteiger partial charge in [-0.2, -0.15) is 0 Å². The molecule has 2 aromatic carbocycles. The molecule has 0 unspecified atom stereocenters. The van der Waals surface area contributed by atoms with Crippen molar-refractivity contribution in [3.05, 3.63) is 53.1 Å². The molecule has 0 spiro atoms. The maximum Gasteiger partial charge on any atom is 0.336 e. The summed E-state index contributed by atoms with van der Waals surface area (Å²) >= 11 is 6.00. The minimum absolute atomic E-state index is 0.0459. The van der Waals surface area contributed by atoms with Crippen molar-refractivity contribution < 1.29 is 15.0 Å². The highest BCUT2D eigenvalue weighted by Gasteiger charge is 2.13. The summed E-state index contributed by atoms with van der Waals surface area (Å²) in [5.41, 5.74) is 1.14. The average molecular weight is 249 g/mol. The average Bonchev–Trinajstić information content (AvgIpc) is 2.32. The van der Waals surface area contributed by atoms with Crippen LogP contribution in [0, 0.1) is 0 Å². The Morgan fingerprint density at radius 3 is 2.47 bits per heavy atom. The smallest absolute Gasteiger partial charge is 0.336 e. The molecule has 86 valence electrons. The highest BCUT2D eigenvalue weighted by atomic mass is 35.5. The van der Waals surface area contributed by atoms with Crippen LogP contribution in [0.1, 0.15) is 10.4 Å². The van der Waals surface area contributed by atoms with Crippen molar-refractivity contribution in [3.8, 4) is 16.9 Å². The second-order valence-corrected chi connectivity index (χ2v) is 3.92. The molecule has 0 aromatic heterocycles. The molecular weight excluding hydrogens is 240 g/mol. The number of carbonyl (C=O) groups is 1. The van der Waals surface area contributed by atoms with Gasteiger partial charge in [0.2, 0.25) is 0 Å². The first kappa shape index (κ1) is 11.5. The Kier molecular flexibility index (Phi) is 3.02. The van der Waals surface area contributed by atoms with E-state index >= 15 is 0 Å². The van der Waals surface area contributed by atoms with E-state index in [1.54, 1.807) is 18.2 Å². The molecule has 4 heteroatoms. The minimum atomic E-state index is -1.03. The first-order valence-corrected chi connectivity index (χ1v) is 5.28. The van der Waals surface area contributed by atoms with E-state index in [9.17, 15) is 9.90 Å². The van der Waals surface area contributed by atoms with Gasteiger partial charge in [0.25, 0.3) is 0 Å². The number of carboxylic acids is 1. The molecule has 0 radical (unpaired) electrons. The van der Waals surface area contributed by atoms with Crippen LogP contribution in [-0.2, 0) is 0 Å². The number of phenolic OH excluding ortho intramolecular Hbond substituents is 1. The zero-order valence-corrected chi connectivity index (χ0v) is 9.48. The van der Waals surface area contributed by atoms with Crippen molar-refractivity contribution in [2.75, 3.05) is 0 Å². The summed E-state index contributed by atoms with van der Waals surface area (Å²) < 4.78 is 0. The van der Waals surface area contributed by atoms with E-state index in [0.29, 0.717) is 16.1 Å². The van der Waals surface area contributed by atoms with E-state index in [0.717, 1.165) is 0 Å². The highest BCUT2D eigenvalue weighted by molar-refractivity contribution is 6.33. The summed E-state index contributed by atoms with van der Waals surface area (Å²) in [5.74, 6) is -0.982. The molecule has 17 heavy (non-hydrogen) atoms. The Morgan fingerprint density at radius 1 is 1.06 bits per heavy atom. The Morgan fingerprint density at radius 2 is 1.76 bits per heavy atom. The molecule has 2 rings (SSSR count). The Balaban J connectivity index is 2.68. The third-order valence-corrected chi connectivity index (χ3v) is 2.73. The Bertz CT molecular complexity index is 579. The van der Waals surface area contributed by atoms with Crippen LogP contribution in [0.25, 0.3) is 11.1 Å². The third kappa shape index (κ3) is 2.24. The monoisotopic (exact) mass is 248 g/mol. The predicted octanol–water partition coefficient (Wildman–Crippen LogP) is 3.41. The van der Waals surface area contributed by atoms with E-state index in [1.807, 2.05) is 0 Å². The molecule has 0 saturated carbocycles. The van der Waals surface area contributed by atoms with Gasteiger partial charge in [-0.3, -0.25) is 0 Å². The third-order valence-electron chi connectivity index (χ3n) is 2.40. The van der Waals surface area contributed by atoms with Crippen LogP contribution < -0.4 is 0 Å². The molecular formula is C13H9ClO3. The van der Waals surface area contributed by atoms with Crippen molar-refractivity contribution in [2.45, 2.75) is 0 Å². The standard InChI is InChI=1S/C13H9ClO3/c14-12-6-5-8(15)7-11(12)9-3-1-2-4-10(9)13(16)17/h1-7,15H,(H,16,17). The van der Waals surface area contributed by atoms with Crippen LogP contribution in [-0.4, -0.2) is 16.2 Å². The molecule has 0 saturated heterocycles. The lowest BCUT2D eigenvalue weighted by molar-refractivity contribution is 0.0697. The summed E-state index contributed by atoms with van der Waals surface area (Å²) in [6.45, 7) is 0. The maximum absolute atomic E-state index is 11.1. The van der Waals surface area contributed by atoms with Gasteiger partial charge in [-0.15, -0.1) is 0 Å². The SMILES string of the molecule is O=C(O)c1ccccc1-c1cc(O)ccc1Cl. The highest BCUT2D eigenvalue weighted by Crippen LogP contribution is 2.33. The fourth-order valence-corrected chi connectivity index (χ4v) is 1.84. The number of hydrogen-bond donors (Lipinski definition) is 2. The molecule has 0 aliphatic rings. The van der Waals surface area contributed by atoms with Crippen molar-refractivity contribution in [1.29, 1.82) is 0 Å². The second kappa shape index (κ2) is 4.47. The van der Waals surface area contributed by atoms with Crippen molar-refractivity contribution >= 4 is 17.6 Å². The fourth-order valence-electron chi connectivity index (χ4n) is 1.62. The zero-order valence-electron chi connectivity index (χ0n) is 8.72. The second-order valence-electron chi connectivity index (χ2n) is 3.51. The topological polar surface area (TPSA) is 57.5 Å². The molecule has 2 N–H and O–H groups in total. The zero-order chi connectivity index (χ0) is 12.4. The fraction of sp³-hybridized carbons (Fsp3) is 0. The van der Waals surface area contributed by atoms with Gasteiger partial charge in [0.05, 0.1) is 5.56 Å². The van der Waals surface area contributed by atoms with E-state index in [4.69, 9.17) is 16.7 Å². The number of aromatic hydroxyl groups is 1. The van der Waals surface area contributed by atoms with Crippen LogP contribution >= 0.6 is 11.6 Å². The van der Waals surface area contributed by atoms with Crippen LogP contribution in [0.15, 0.2) is 42.5 Å². The number of benzene rings is 2. The van der Waals surface area contributed by atoms with Gasteiger partial charge in [0.15, 0.2) is 0 Å². The molecule has 0 fully saturated rings. The van der Waals surface area contributed by atoms with Crippen molar-refractivity contribution in [1.82, 2.24) is 0 Å². The molecule has 0 aliphatic carbocycles. The van der Waals surface area contributed by atoms with Gasteiger partial charge in [-0.1, -0.05) is 29.8 Å². The summed E-state index contributed by atoms with van der Waals surface area (Å²) in [6, 6.07) is 11.0. The summed E-state index contributed by atoms with van der Waals surface area (Å²) in [6.07, 6.45) is 0. The van der Waals surface area contributed by atoms with Crippen LogP contribution in [0.2, 0.25) is 5.02 Å². The molecule has 0 aliphatic heterocycles. The molecule has 3 nitrogen and oxygen atoms in total. The van der Waals surface area contributed by atoms with Crippen LogP contribution in [0.4, 0.5) is 0 Å². The number of rotatable bonds is 2. The number of aromatic carboxylic acids is 1. The van der Waals surface area contributed by atoms with Gasteiger partial charge in [-0.25, -0.2) is 4.79 Å². The Hall–Kier alpha value is -2.00. The van der Waals surface area contributed by atoms with Crippen molar-refractivity contribution in [2.24, 2.45) is 0 Å². The van der Waals surface area contributed by atoms with E-state index in [1.165, 1.54) is 24.3 Å². The van der Waals surface area contributed by atoms with Gasteiger partial charge in [-0.05, 0) is 29.8 Å². The molecule has 0 heterocycles. The minimum Gasteiger partial charge on any atom is -0.508 e. The van der Waals surface area contributed by atoms with E-state index < -0.39 is 5.97 Å². The van der Waals surface area contributed by atoms with E-state index in [2.05, 4.69) is 0 Å². The van der Waals surface area contributed by atoms with Crippen LogP contribution in [0.5, 0.6) is 5.75 Å². The van der Waals surface area contributed by atoms with Gasteiger partial charge in [0, 0.05) is 10.6 Å². The molecule has 0 bridgehead atoms. The maximum atomic E-state index is 11.1. The lowest BCUT2D eigenvalue weighted by atomic mass is 9.99. The van der Waals surface area contributed by atoms with Gasteiger partial charge < -0.3 is 10.2 Å². The Labute approximate surface area is 103 Å². The number of halogens is 1. The number of phenols is 1. The predicted molar refractivity (Wildman–Crippen MR) is 65.5 cm³/mol. The van der Waals surface area contributed by atoms with Crippen LogP contribution in [0.3, 0.4) is 0 Å². The van der Waals surface area contributed by atoms with Gasteiger partial charge >= 0.3 is 5.97 Å².